The van der Waals surface area contributed by atoms with E-state index in [1.54, 1.807) is 53.1 Å². The minimum absolute atomic E-state index is 0.252. The quantitative estimate of drug-likeness (QED) is 0.401. The Morgan fingerprint density at radius 3 is 2.28 bits per heavy atom. The molecule has 0 radical (unpaired) electrons. The van der Waals surface area contributed by atoms with Crippen LogP contribution in [0.5, 0.6) is 0 Å². The SMILES string of the molecule is O=C(CO)c1ccc(Cn2c(=O)n(CCc3ccccc3Br)c(=O)c3ccccc32)cc1. The first-order valence-electron chi connectivity index (χ1n) is 10.2. The highest BCUT2D eigenvalue weighted by Crippen LogP contribution is 2.17. The molecule has 0 atom stereocenters. The number of aromatic nitrogens is 2. The number of benzene rings is 3. The van der Waals surface area contributed by atoms with Gasteiger partial charge in [0.1, 0.15) is 6.61 Å². The van der Waals surface area contributed by atoms with E-state index in [1.165, 1.54) is 4.57 Å². The summed E-state index contributed by atoms with van der Waals surface area (Å²) in [5, 5.41) is 9.50. The number of carbonyl (C=O) groups excluding carboxylic acids is 1. The standard InChI is InChI=1S/C25H21BrN2O4/c26-21-7-3-1-5-18(21)13-14-27-24(31)20-6-2-4-8-22(20)28(25(27)32)15-17-9-11-19(12-10-17)23(30)16-29/h1-12,29H,13-16H2. The van der Waals surface area contributed by atoms with Crippen molar-refractivity contribution in [2.24, 2.45) is 0 Å². The van der Waals surface area contributed by atoms with Crippen LogP contribution >= 0.6 is 15.9 Å². The Morgan fingerprint density at radius 1 is 0.875 bits per heavy atom. The lowest BCUT2D eigenvalue weighted by molar-refractivity contribution is 0.0903. The molecule has 1 heterocycles. The van der Waals surface area contributed by atoms with Crippen molar-refractivity contribution in [2.45, 2.75) is 19.5 Å². The van der Waals surface area contributed by atoms with Crippen LogP contribution in [0.1, 0.15) is 21.5 Å². The largest absolute Gasteiger partial charge is 0.388 e. The molecule has 0 aliphatic rings. The average Bonchev–Trinajstić information content (AvgIpc) is 2.82. The summed E-state index contributed by atoms with van der Waals surface area (Å²) < 4.78 is 3.80. The molecule has 162 valence electrons. The van der Waals surface area contributed by atoms with Gasteiger partial charge in [-0.15, -0.1) is 0 Å². The van der Waals surface area contributed by atoms with Crippen LogP contribution in [0.4, 0.5) is 0 Å². The molecule has 0 amide bonds. The summed E-state index contributed by atoms with van der Waals surface area (Å²) in [6.45, 7) is -0.0385. The zero-order valence-electron chi connectivity index (χ0n) is 17.2. The normalized spacial score (nSPS) is 11.1. The molecule has 0 saturated carbocycles. The molecular weight excluding hydrogens is 472 g/mol. The van der Waals surface area contributed by atoms with Gasteiger partial charge in [-0.25, -0.2) is 4.79 Å². The van der Waals surface area contributed by atoms with Gasteiger partial charge in [-0.05, 0) is 35.7 Å². The highest BCUT2D eigenvalue weighted by Gasteiger charge is 2.14. The number of rotatable bonds is 7. The van der Waals surface area contributed by atoms with Gasteiger partial charge in [-0.1, -0.05) is 70.5 Å². The Labute approximate surface area is 192 Å². The number of halogens is 1. The molecular formula is C25H21BrN2O4. The van der Waals surface area contributed by atoms with Crippen LogP contribution in [-0.4, -0.2) is 26.6 Å². The van der Waals surface area contributed by atoms with Crippen LogP contribution < -0.4 is 11.2 Å². The third-order valence-electron chi connectivity index (χ3n) is 5.46. The maximum Gasteiger partial charge on any atom is 0.331 e. The lowest BCUT2D eigenvalue weighted by Crippen LogP contribution is -2.40. The number of aliphatic hydroxyl groups excluding tert-OH is 1. The van der Waals surface area contributed by atoms with Crippen molar-refractivity contribution in [1.29, 1.82) is 0 Å². The number of aryl methyl sites for hydroxylation is 1. The van der Waals surface area contributed by atoms with Gasteiger partial charge in [0.2, 0.25) is 0 Å². The Kier molecular flexibility index (Phi) is 6.48. The van der Waals surface area contributed by atoms with Gasteiger partial charge >= 0.3 is 5.69 Å². The van der Waals surface area contributed by atoms with Gasteiger partial charge < -0.3 is 5.11 Å². The number of nitrogens with zero attached hydrogens (tertiary/aromatic N) is 2. The molecule has 4 aromatic rings. The monoisotopic (exact) mass is 492 g/mol. The van der Waals surface area contributed by atoms with Crippen LogP contribution in [0, 0.1) is 0 Å². The van der Waals surface area contributed by atoms with E-state index in [0.29, 0.717) is 22.9 Å². The zero-order valence-corrected chi connectivity index (χ0v) is 18.8. The number of carbonyl (C=O) groups is 1. The number of para-hydroxylation sites is 1. The van der Waals surface area contributed by atoms with Gasteiger partial charge in [0.25, 0.3) is 5.56 Å². The molecule has 0 spiro atoms. The first kappa shape index (κ1) is 21.9. The number of aliphatic hydroxyl groups is 1. The summed E-state index contributed by atoms with van der Waals surface area (Å²) in [5.41, 5.74) is 2.11. The second-order valence-electron chi connectivity index (χ2n) is 7.46. The van der Waals surface area contributed by atoms with Gasteiger partial charge in [0, 0.05) is 16.6 Å². The fraction of sp³-hybridized carbons (Fsp3) is 0.160. The summed E-state index contributed by atoms with van der Waals surface area (Å²) in [4.78, 5) is 38.1. The Hall–Kier alpha value is -3.29. The van der Waals surface area contributed by atoms with Crippen molar-refractivity contribution in [3.05, 3.63) is 115 Å². The molecule has 0 aliphatic carbocycles. The Morgan fingerprint density at radius 2 is 1.56 bits per heavy atom. The molecule has 1 aromatic heterocycles. The smallest absolute Gasteiger partial charge is 0.331 e. The molecule has 0 aliphatic heterocycles. The van der Waals surface area contributed by atoms with Crippen LogP contribution in [-0.2, 0) is 19.5 Å². The summed E-state index contributed by atoms with van der Waals surface area (Å²) in [6, 6.07) is 21.6. The minimum atomic E-state index is -0.550. The van der Waals surface area contributed by atoms with E-state index in [4.69, 9.17) is 5.11 Å². The van der Waals surface area contributed by atoms with Crippen LogP contribution in [0.25, 0.3) is 10.9 Å². The minimum Gasteiger partial charge on any atom is -0.388 e. The molecule has 0 unspecified atom stereocenters. The summed E-state index contributed by atoms with van der Waals surface area (Å²) in [6.07, 6.45) is 0.535. The third-order valence-corrected chi connectivity index (χ3v) is 6.23. The maximum absolute atomic E-state index is 13.4. The lowest BCUT2D eigenvalue weighted by atomic mass is 10.1. The molecule has 4 rings (SSSR count). The van der Waals surface area contributed by atoms with E-state index >= 15 is 0 Å². The maximum atomic E-state index is 13.4. The molecule has 0 bridgehead atoms. The third kappa shape index (κ3) is 4.35. The van der Waals surface area contributed by atoms with Crippen molar-refractivity contribution in [1.82, 2.24) is 9.13 Å². The summed E-state index contributed by atoms with van der Waals surface area (Å²) in [5.74, 6) is -0.361. The summed E-state index contributed by atoms with van der Waals surface area (Å²) in [7, 11) is 0. The number of fused-ring (bicyclic) bond motifs is 1. The molecule has 32 heavy (non-hydrogen) atoms. The number of ketones is 1. The van der Waals surface area contributed by atoms with E-state index in [0.717, 1.165) is 15.6 Å². The van der Waals surface area contributed by atoms with E-state index < -0.39 is 6.61 Å². The van der Waals surface area contributed by atoms with Gasteiger partial charge in [0.15, 0.2) is 5.78 Å². The molecule has 0 fully saturated rings. The van der Waals surface area contributed by atoms with Crippen molar-refractivity contribution in [3.63, 3.8) is 0 Å². The number of hydrogen-bond donors (Lipinski definition) is 1. The predicted octanol–water partition coefficient (Wildman–Crippen LogP) is 3.39. The van der Waals surface area contributed by atoms with Gasteiger partial charge in [0.05, 0.1) is 17.4 Å². The highest BCUT2D eigenvalue weighted by atomic mass is 79.9. The van der Waals surface area contributed by atoms with E-state index in [9.17, 15) is 14.4 Å². The van der Waals surface area contributed by atoms with Crippen molar-refractivity contribution in [3.8, 4) is 0 Å². The fourth-order valence-corrected chi connectivity index (χ4v) is 4.21. The highest BCUT2D eigenvalue weighted by molar-refractivity contribution is 9.10. The second-order valence-corrected chi connectivity index (χ2v) is 8.32. The Balaban J connectivity index is 1.75. The average molecular weight is 493 g/mol. The molecule has 7 heteroatoms. The first-order valence-corrected chi connectivity index (χ1v) is 11.0. The van der Waals surface area contributed by atoms with Crippen LogP contribution in [0.2, 0.25) is 0 Å². The van der Waals surface area contributed by atoms with Gasteiger partial charge in [-0.3, -0.25) is 18.7 Å². The molecule has 6 nitrogen and oxygen atoms in total. The molecule has 3 aromatic carbocycles. The first-order chi connectivity index (χ1) is 15.5. The van der Waals surface area contributed by atoms with Crippen molar-refractivity contribution < 1.29 is 9.90 Å². The topological polar surface area (TPSA) is 81.3 Å². The zero-order chi connectivity index (χ0) is 22.7. The van der Waals surface area contributed by atoms with Gasteiger partial charge in [-0.2, -0.15) is 0 Å². The fourth-order valence-electron chi connectivity index (χ4n) is 3.72. The molecule has 1 N–H and O–H groups in total. The number of Topliss-reactive ketones (excluding diaryl/α,β-unsaturated/α-hetero) is 1. The van der Waals surface area contributed by atoms with Crippen molar-refractivity contribution in [2.75, 3.05) is 6.61 Å². The van der Waals surface area contributed by atoms with E-state index in [2.05, 4.69) is 15.9 Å². The van der Waals surface area contributed by atoms with Crippen molar-refractivity contribution >= 4 is 32.6 Å². The lowest BCUT2D eigenvalue weighted by Gasteiger charge is -2.15. The van der Waals surface area contributed by atoms with Crippen LogP contribution in [0.15, 0.2) is 86.9 Å². The summed E-state index contributed by atoms with van der Waals surface area (Å²) >= 11 is 3.52. The number of hydrogen-bond acceptors (Lipinski definition) is 4. The molecule has 0 saturated heterocycles. The second kappa shape index (κ2) is 9.46. The van der Waals surface area contributed by atoms with E-state index in [-0.39, 0.29) is 30.1 Å². The Bertz CT molecular complexity index is 1400. The predicted molar refractivity (Wildman–Crippen MR) is 127 cm³/mol. The van der Waals surface area contributed by atoms with Crippen LogP contribution in [0.3, 0.4) is 0 Å². The van der Waals surface area contributed by atoms with E-state index in [1.807, 2.05) is 24.3 Å².